The van der Waals surface area contributed by atoms with Crippen molar-refractivity contribution in [2.24, 2.45) is 22.7 Å². The molecule has 1 fully saturated rings. The molecule has 0 aromatic carbocycles. The first-order valence-corrected chi connectivity index (χ1v) is 10.1. The molecule has 0 N–H and O–H groups in total. The van der Waals surface area contributed by atoms with E-state index in [9.17, 15) is 4.79 Å². The van der Waals surface area contributed by atoms with Gasteiger partial charge in [-0.1, -0.05) is 27.7 Å². The van der Waals surface area contributed by atoms with Gasteiger partial charge in [-0.15, -0.1) is 0 Å². The van der Waals surface area contributed by atoms with Crippen molar-refractivity contribution in [3.05, 3.63) is 23.7 Å². The molecule has 0 aromatic rings. The molecule has 1 amide bonds. The highest BCUT2D eigenvalue weighted by Crippen LogP contribution is 2.56. The first kappa shape index (κ1) is 21.8. The highest BCUT2D eigenvalue weighted by molar-refractivity contribution is 5.89. The number of likely N-dealkylation sites (tertiary alicyclic amines) is 1. The molecule has 1 spiro atoms. The number of hydrogen-bond acceptors (Lipinski definition) is 4. The summed E-state index contributed by atoms with van der Waals surface area (Å²) in [6.07, 6.45) is 5.94. The van der Waals surface area contributed by atoms with Crippen LogP contribution in [0.2, 0.25) is 0 Å². The lowest BCUT2D eigenvalue weighted by Crippen LogP contribution is -2.44. The van der Waals surface area contributed by atoms with Gasteiger partial charge in [0.2, 0.25) is 5.91 Å². The molecule has 0 aromatic heterocycles. The van der Waals surface area contributed by atoms with E-state index >= 15 is 0 Å². The number of methoxy groups -OCH3 is 2. The second-order valence-corrected chi connectivity index (χ2v) is 8.84. The molecule has 1 aliphatic heterocycles. The topological polar surface area (TPSA) is 42.0 Å². The highest BCUT2D eigenvalue weighted by Gasteiger charge is 2.55. The summed E-state index contributed by atoms with van der Waals surface area (Å²) in [6, 6.07) is 0. The molecule has 0 atom stereocenters. The van der Waals surface area contributed by atoms with E-state index < -0.39 is 5.41 Å². The third-order valence-electron chi connectivity index (χ3n) is 6.37. The van der Waals surface area contributed by atoms with Crippen molar-refractivity contribution in [1.82, 2.24) is 9.80 Å². The molecule has 0 unspecified atom stereocenters. The third-order valence-corrected chi connectivity index (χ3v) is 6.37. The van der Waals surface area contributed by atoms with Gasteiger partial charge in [-0.3, -0.25) is 4.79 Å². The molecule has 2 aliphatic rings. The van der Waals surface area contributed by atoms with Crippen LogP contribution in [0.15, 0.2) is 23.7 Å². The fourth-order valence-electron chi connectivity index (χ4n) is 5.01. The van der Waals surface area contributed by atoms with E-state index in [1.54, 1.807) is 14.2 Å². The van der Waals surface area contributed by atoms with Gasteiger partial charge in [0.1, 0.15) is 11.5 Å². The average Bonchev–Trinajstić information content (AvgIpc) is 2.89. The van der Waals surface area contributed by atoms with Crippen LogP contribution in [0.3, 0.4) is 0 Å². The summed E-state index contributed by atoms with van der Waals surface area (Å²) in [5.74, 6) is 2.50. The number of carbonyl (C=O) groups excluding carboxylic acids is 1. The average molecular weight is 379 g/mol. The minimum absolute atomic E-state index is 0.173. The Kier molecular flexibility index (Phi) is 6.67. The van der Waals surface area contributed by atoms with Gasteiger partial charge in [0.05, 0.1) is 25.0 Å². The van der Waals surface area contributed by atoms with E-state index in [2.05, 4.69) is 58.8 Å². The van der Waals surface area contributed by atoms with Gasteiger partial charge in [0, 0.05) is 13.1 Å². The Balaban J connectivity index is 2.40. The van der Waals surface area contributed by atoms with Crippen molar-refractivity contribution in [3.63, 3.8) is 0 Å². The Labute approximate surface area is 165 Å². The van der Waals surface area contributed by atoms with Crippen LogP contribution in [0, 0.1) is 22.7 Å². The van der Waals surface area contributed by atoms with Crippen molar-refractivity contribution >= 4 is 5.91 Å². The number of amides is 1. The maximum absolute atomic E-state index is 13.3. The Morgan fingerprint density at radius 3 is 2.00 bits per heavy atom. The monoisotopic (exact) mass is 378 g/mol. The molecule has 154 valence electrons. The molecular weight excluding hydrogens is 340 g/mol. The first-order chi connectivity index (χ1) is 12.7. The minimum Gasteiger partial charge on any atom is -0.500 e. The zero-order valence-electron chi connectivity index (χ0n) is 18.5. The van der Waals surface area contributed by atoms with Crippen LogP contribution in [-0.4, -0.2) is 63.7 Å². The highest BCUT2D eigenvalue weighted by atomic mass is 16.5. The molecule has 0 bridgehead atoms. The SMILES string of the molecule is COC1=CC2(C=C(OC)C1(C(C)C)C(C)C)CCN(CCCN(C)C)C2=O. The molecule has 2 rings (SSSR count). The fourth-order valence-corrected chi connectivity index (χ4v) is 5.01. The van der Waals surface area contributed by atoms with Crippen LogP contribution in [0.4, 0.5) is 0 Å². The van der Waals surface area contributed by atoms with E-state index in [-0.39, 0.29) is 11.3 Å². The van der Waals surface area contributed by atoms with Gasteiger partial charge in [-0.05, 0) is 57.5 Å². The van der Waals surface area contributed by atoms with Crippen LogP contribution in [0.25, 0.3) is 0 Å². The molecular formula is C22H38N2O3. The summed E-state index contributed by atoms with van der Waals surface area (Å²) in [6.45, 7) is 11.3. The molecule has 5 nitrogen and oxygen atoms in total. The summed E-state index contributed by atoms with van der Waals surface area (Å²) < 4.78 is 11.8. The second-order valence-electron chi connectivity index (χ2n) is 8.84. The van der Waals surface area contributed by atoms with Gasteiger partial charge in [0.15, 0.2) is 0 Å². The quantitative estimate of drug-likeness (QED) is 0.648. The number of carbonyl (C=O) groups is 1. The van der Waals surface area contributed by atoms with E-state index in [1.807, 2.05) is 4.90 Å². The first-order valence-electron chi connectivity index (χ1n) is 10.1. The summed E-state index contributed by atoms with van der Waals surface area (Å²) in [4.78, 5) is 17.5. The van der Waals surface area contributed by atoms with Crippen LogP contribution in [0.5, 0.6) is 0 Å². The van der Waals surface area contributed by atoms with E-state index in [0.717, 1.165) is 44.0 Å². The van der Waals surface area contributed by atoms with Gasteiger partial charge in [0.25, 0.3) is 0 Å². The Morgan fingerprint density at radius 1 is 1.07 bits per heavy atom. The van der Waals surface area contributed by atoms with Crippen LogP contribution >= 0.6 is 0 Å². The molecule has 5 heteroatoms. The Bertz CT molecular complexity index is 573. The summed E-state index contributed by atoms with van der Waals surface area (Å²) in [5, 5.41) is 0. The Morgan fingerprint density at radius 2 is 1.59 bits per heavy atom. The Hall–Kier alpha value is -1.49. The standard InChI is InChI=1S/C22H38N2O3/c1-16(2)22(17(3)4)18(26-7)14-21(15-19(22)27-8)10-13-24(20(21)25)12-9-11-23(5)6/h14-17H,9-13H2,1-8H3. The van der Waals surface area contributed by atoms with E-state index in [4.69, 9.17) is 9.47 Å². The molecule has 0 saturated carbocycles. The third kappa shape index (κ3) is 3.63. The number of nitrogens with zero attached hydrogens (tertiary/aromatic N) is 2. The number of ether oxygens (including phenoxy) is 2. The number of hydrogen-bond donors (Lipinski definition) is 0. The van der Waals surface area contributed by atoms with Crippen molar-refractivity contribution in [2.45, 2.75) is 40.5 Å². The van der Waals surface area contributed by atoms with Gasteiger partial charge in [-0.25, -0.2) is 0 Å². The summed E-state index contributed by atoms with van der Waals surface area (Å²) in [7, 11) is 7.55. The maximum Gasteiger partial charge on any atom is 0.236 e. The van der Waals surface area contributed by atoms with Crippen LogP contribution in [-0.2, 0) is 14.3 Å². The van der Waals surface area contributed by atoms with Crippen LogP contribution in [0.1, 0.15) is 40.5 Å². The van der Waals surface area contributed by atoms with Crippen LogP contribution < -0.4 is 0 Å². The zero-order chi connectivity index (χ0) is 20.4. The van der Waals surface area contributed by atoms with Gasteiger partial charge in [-0.2, -0.15) is 0 Å². The van der Waals surface area contributed by atoms with Crippen molar-refractivity contribution < 1.29 is 14.3 Å². The molecule has 1 heterocycles. The second kappa shape index (κ2) is 8.26. The van der Waals surface area contributed by atoms with Crippen molar-refractivity contribution in [2.75, 3.05) is 47.9 Å². The lowest BCUT2D eigenvalue weighted by molar-refractivity contribution is -0.132. The van der Waals surface area contributed by atoms with Gasteiger partial charge >= 0.3 is 0 Å². The van der Waals surface area contributed by atoms with E-state index in [1.165, 1.54) is 0 Å². The zero-order valence-corrected chi connectivity index (χ0v) is 18.5. The molecule has 1 aliphatic carbocycles. The molecule has 0 radical (unpaired) electrons. The van der Waals surface area contributed by atoms with Crippen molar-refractivity contribution in [3.8, 4) is 0 Å². The fraction of sp³-hybridized carbons (Fsp3) is 0.773. The molecule has 1 saturated heterocycles. The minimum atomic E-state index is -0.637. The maximum atomic E-state index is 13.3. The number of rotatable bonds is 8. The predicted octanol–water partition coefficient (Wildman–Crippen LogP) is 3.53. The molecule has 27 heavy (non-hydrogen) atoms. The summed E-state index contributed by atoms with van der Waals surface area (Å²) >= 11 is 0. The van der Waals surface area contributed by atoms with Crippen molar-refractivity contribution in [1.29, 1.82) is 0 Å². The normalized spacial score (nSPS) is 21.3. The predicted molar refractivity (Wildman–Crippen MR) is 109 cm³/mol. The largest absolute Gasteiger partial charge is 0.500 e. The van der Waals surface area contributed by atoms with Gasteiger partial charge < -0.3 is 19.3 Å². The lowest BCUT2D eigenvalue weighted by Gasteiger charge is -2.47. The lowest BCUT2D eigenvalue weighted by atomic mass is 9.61. The smallest absolute Gasteiger partial charge is 0.236 e. The van der Waals surface area contributed by atoms with E-state index in [0.29, 0.717) is 11.8 Å². The summed E-state index contributed by atoms with van der Waals surface area (Å²) in [5.41, 5.74) is -0.977.